The first-order chi connectivity index (χ1) is 8.61. The highest BCUT2D eigenvalue weighted by molar-refractivity contribution is 9.10. The minimum Gasteiger partial charge on any atom is -0.496 e. The number of hydrogen-bond donors (Lipinski definition) is 0. The molecule has 1 aromatic carbocycles. The van der Waals surface area contributed by atoms with Crippen LogP contribution in [0.3, 0.4) is 0 Å². The maximum atomic E-state index is 12.1. The van der Waals surface area contributed by atoms with E-state index < -0.39 is 0 Å². The highest BCUT2D eigenvalue weighted by Crippen LogP contribution is 2.24. The van der Waals surface area contributed by atoms with Crippen molar-refractivity contribution < 1.29 is 14.3 Å². The van der Waals surface area contributed by atoms with E-state index in [2.05, 4.69) is 15.9 Å². The Bertz CT molecular complexity index is 483. The van der Waals surface area contributed by atoms with Gasteiger partial charge in [0, 0.05) is 30.4 Å². The van der Waals surface area contributed by atoms with Crippen LogP contribution in [0.25, 0.3) is 0 Å². The van der Waals surface area contributed by atoms with Crippen LogP contribution in [0.5, 0.6) is 5.75 Å². The van der Waals surface area contributed by atoms with Crippen molar-refractivity contribution in [1.82, 2.24) is 4.90 Å². The summed E-state index contributed by atoms with van der Waals surface area (Å²) in [6, 6.07) is 5.28. The summed E-state index contributed by atoms with van der Waals surface area (Å²) in [6.45, 7) is 1.65. The highest BCUT2D eigenvalue weighted by Gasteiger charge is 2.24. The lowest BCUT2D eigenvalue weighted by Crippen LogP contribution is -2.12. The third-order valence-electron chi connectivity index (χ3n) is 2.83. The predicted molar refractivity (Wildman–Crippen MR) is 70.8 cm³/mol. The molecule has 4 nitrogen and oxygen atoms in total. The predicted octanol–water partition coefficient (Wildman–Crippen LogP) is 2.26. The van der Waals surface area contributed by atoms with Crippen LogP contribution in [-0.2, 0) is 4.79 Å². The lowest BCUT2D eigenvalue weighted by atomic mass is 10.1. The summed E-state index contributed by atoms with van der Waals surface area (Å²) >= 11 is 3.32. The lowest BCUT2D eigenvalue weighted by Gasteiger charge is -2.08. The smallest absolute Gasteiger partial charge is 0.223 e. The summed E-state index contributed by atoms with van der Waals surface area (Å²) in [5, 5.41) is 0. The number of Topliss-reactive ketones (excluding diaryl/α,β-unsaturated/α-hetero) is 1. The molecule has 0 bridgehead atoms. The summed E-state index contributed by atoms with van der Waals surface area (Å²) < 4.78 is 5.97. The van der Waals surface area contributed by atoms with Gasteiger partial charge in [-0.2, -0.15) is 0 Å². The van der Waals surface area contributed by atoms with Crippen LogP contribution in [-0.4, -0.2) is 36.8 Å². The Hall–Kier alpha value is -1.36. The zero-order chi connectivity index (χ0) is 13.1. The maximum absolute atomic E-state index is 12.1. The van der Waals surface area contributed by atoms with Crippen LogP contribution >= 0.6 is 15.9 Å². The molecule has 0 atom stereocenters. The third kappa shape index (κ3) is 3.10. The Balaban J connectivity index is 2.03. The second kappa shape index (κ2) is 5.52. The van der Waals surface area contributed by atoms with Gasteiger partial charge in [-0.3, -0.25) is 9.59 Å². The second-order valence-electron chi connectivity index (χ2n) is 4.15. The minimum atomic E-state index is -0.0663. The van der Waals surface area contributed by atoms with Gasteiger partial charge in [-0.15, -0.1) is 0 Å². The highest BCUT2D eigenvalue weighted by atomic mass is 79.9. The molecule has 0 N–H and O–H groups in total. The number of nitrogens with zero attached hydrogens (tertiary/aromatic N) is 1. The zero-order valence-electron chi connectivity index (χ0n) is 10.1. The molecule has 0 aliphatic carbocycles. The molecule has 2 rings (SSSR count). The van der Waals surface area contributed by atoms with E-state index in [1.165, 1.54) is 7.11 Å². The van der Waals surface area contributed by atoms with Gasteiger partial charge in [-0.1, -0.05) is 15.9 Å². The number of rotatable bonds is 5. The van der Waals surface area contributed by atoms with Crippen LogP contribution in [0, 0.1) is 0 Å². The molecule has 1 aliphatic heterocycles. The number of halogens is 1. The number of methoxy groups -OCH3 is 1. The van der Waals surface area contributed by atoms with Gasteiger partial charge in [0.2, 0.25) is 5.91 Å². The van der Waals surface area contributed by atoms with Crippen molar-refractivity contribution in [3.05, 3.63) is 28.2 Å². The fraction of sp³-hybridized carbons (Fsp3) is 0.385. The summed E-state index contributed by atoms with van der Waals surface area (Å²) in [7, 11) is 1.53. The van der Waals surface area contributed by atoms with Crippen molar-refractivity contribution in [1.29, 1.82) is 0 Å². The van der Waals surface area contributed by atoms with Gasteiger partial charge in [-0.05, 0) is 18.2 Å². The largest absolute Gasteiger partial charge is 0.496 e. The second-order valence-corrected chi connectivity index (χ2v) is 5.06. The van der Waals surface area contributed by atoms with E-state index in [1.807, 2.05) is 6.07 Å². The number of ketones is 1. The van der Waals surface area contributed by atoms with Crippen LogP contribution in [0.2, 0.25) is 0 Å². The van der Waals surface area contributed by atoms with Gasteiger partial charge < -0.3 is 9.64 Å². The molecule has 1 heterocycles. The first-order valence-corrected chi connectivity index (χ1v) is 6.55. The van der Waals surface area contributed by atoms with Gasteiger partial charge in [0.05, 0.1) is 12.7 Å². The normalized spacial score (nSPS) is 13.3. The van der Waals surface area contributed by atoms with Crippen LogP contribution in [0.1, 0.15) is 23.2 Å². The van der Waals surface area contributed by atoms with E-state index in [1.54, 1.807) is 17.0 Å². The average Bonchev–Trinajstić information content (AvgIpc) is 3.19. The minimum absolute atomic E-state index is 0.0531. The topological polar surface area (TPSA) is 46.4 Å². The van der Waals surface area contributed by atoms with Gasteiger partial charge in [0.15, 0.2) is 5.78 Å². The number of benzene rings is 1. The zero-order valence-corrected chi connectivity index (χ0v) is 11.7. The van der Waals surface area contributed by atoms with E-state index in [0.717, 1.165) is 17.6 Å². The molecular formula is C13H14BrNO3. The van der Waals surface area contributed by atoms with E-state index in [-0.39, 0.29) is 24.5 Å². The van der Waals surface area contributed by atoms with Crippen LogP contribution < -0.4 is 4.74 Å². The molecule has 0 spiro atoms. The van der Waals surface area contributed by atoms with Crippen molar-refractivity contribution in [2.24, 2.45) is 0 Å². The summed E-state index contributed by atoms with van der Waals surface area (Å²) in [5.74, 6) is 0.531. The number of hydrogen-bond acceptors (Lipinski definition) is 3. The fourth-order valence-electron chi connectivity index (χ4n) is 1.71. The molecular weight excluding hydrogens is 298 g/mol. The lowest BCUT2D eigenvalue weighted by molar-refractivity contribution is -0.125. The van der Waals surface area contributed by atoms with E-state index in [4.69, 9.17) is 4.74 Å². The standard InChI is InChI=1S/C13H14BrNO3/c1-18-12-4-2-9(14)8-10(12)11(16)3-5-13(17)15-6-7-15/h2,4,8H,3,5-7H2,1H3. The molecule has 18 heavy (non-hydrogen) atoms. The molecule has 0 unspecified atom stereocenters. The molecule has 1 amide bonds. The summed E-state index contributed by atoms with van der Waals surface area (Å²) in [6.07, 6.45) is 0.497. The van der Waals surface area contributed by atoms with E-state index >= 15 is 0 Å². The first-order valence-electron chi connectivity index (χ1n) is 5.76. The first kappa shape index (κ1) is 13.1. The van der Waals surface area contributed by atoms with Crippen molar-refractivity contribution in [2.75, 3.05) is 20.2 Å². The van der Waals surface area contributed by atoms with Crippen LogP contribution in [0.4, 0.5) is 0 Å². The molecule has 0 saturated carbocycles. The monoisotopic (exact) mass is 311 g/mol. The summed E-state index contributed by atoms with van der Waals surface area (Å²) in [5.41, 5.74) is 0.519. The van der Waals surface area contributed by atoms with Crippen LogP contribution in [0.15, 0.2) is 22.7 Å². The van der Waals surface area contributed by atoms with E-state index in [0.29, 0.717) is 11.3 Å². The van der Waals surface area contributed by atoms with Crippen molar-refractivity contribution in [3.8, 4) is 5.75 Å². The molecule has 0 aromatic heterocycles. The Labute approximate surface area is 114 Å². The fourth-order valence-corrected chi connectivity index (χ4v) is 2.07. The quantitative estimate of drug-likeness (QED) is 0.619. The molecule has 1 saturated heterocycles. The Kier molecular flexibility index (Phi) is 4.01. The number of carbonyl (C=O) groups excluding carboxylic acids is 2. The van der Waals surface area contributed by atoms with Gasteiger partial charge in [0.25, 0.3) is 0 Å². The SMILES string of the molecule is COc1ccc(Br)cc1C(=O)CCC(=O)N1CC1. The molecule has 1 aliphatic rings. The Morgan fingerprint density at radius 1 is 1.33 bits per heavy atom. The van der Waals surface area contributed by atoms with Gasteiger partial charge >= 0.3 is 0 Å². The van der Waals surface area contributed by atoms with Crippen molar-refractivity contribution in [2.45, 2.75) is 12.8 Å². The maximum Gasteiger partial charge on any atom is 0.223 e. The molecule has 0 radical (unpaired) electrons. The number of ether oxygens (including phenoxy) is 1. The Morgan fingerprint density at radius 3 is 2.67 bits per heavy atom. The third-order valence-corrected chi connectivity index (χ3v) is 3.32. The van der Waals surface area contributed by atoms with E-state index in [9.17, 15) is 9.59 Å². The number of amides is 1. The number of carbonyl (C=O) groups is 2. The summed E-state index contributed by atoms with van der Waals surface area (Å²) in [4.78, 5) is 25.3. The molecule has 1 fully saturated rings. The molecule has 5 heteroatoms. The van der Waals surface area contributed by atoms with Gasteiger partial charge in [0.1, 0.15) is 5.75 Å². The molecule has 1 aromatic rings. The van der Waals surface area contributed by atoms with Crippen molar-refractivity contribution in [3.63, 3.8) is 0 Å². The molecule has 96 valence electrons. The average molecular weight is 312 g/mol. The Morgan fingerprint density at radius 2 is 2.06 bits per heavy atom. The van der Waals surface area contributed by atoms with Gasteiger partial charge in [-0.25, -0.2) is 0 Å². The van der Waals surface area contributed by atoms with Crippen molar-refractivity contribution >= 4 is 27.6 Å².